The number of rotatable bonds is 4. The van der Waals surface area contributed by atoms with Crippen molar-refractivity contribution in [2.75, 3.05) is 6.54 Å². The van der Waals surface area contributed by atoms with E-state index in [0.29, 0.717) is 29.8 Å². The van der Waals surface area contributed by atoms with Crippen molar-refractivity contribution in [1.29, 1.82) is 0 Å². The Hall–Kier alpha value is -2.82. The SMILES string of the molecule is CCN(Cc1ccccc1)C(=O)c1cnc2nccnc2c1. The minimum Gasteiger partial charge on any atom is -0.335 e. The molecular weight excluding hydrogens is 276 g/mol. The summed E-state index contributed by atoms with van der Waals surface area (Å²) in [5.41, 5.74) is 2.81. The summed E-state index contributed by atoms with van der Waals surface area (Å²) in [6.07, 6.45) is 4.75. The zero-order valence-electron chi connectivity index (χ0n) is 12.3. The predicted molar refractivity (Wildman–Crippen MR) is 84.2 cm³/mol. The van der Waals surface area contributed by atoms with Gasteiger partial charge in [-0.05, 0) is 18.6 Å². The maximum atomic E-state index is 12.7. The highest BCUT2D eigenvalue weighted by Gasteiger charge is 2.15. The van der Waals surface area contributed by atoms with E-state index in [0.717, 1.165) is 5.56 Å². The fourth-order valence-electron chi connectivity index (χ4n) is 2.29. The van der Waals surface area contributed by atoms with E-state index in [4.69, 9.17) is 0 Å². The average Bonchev–Trinajstić information content (AvgIpc) is 2.59. The largest absolute Gasteiger partial charge is 0.335 e. The van der Waals surface area contributed by atoms with Gasteiger partial charge in [-0.25, -0.2) is 9.97 Å². The molecule has 3 aromatic rings. The number of aromatic nitrogens is 3. The number of hydrogen-bond donors (Lipinski definition) is 0. The van der Waals surface area contributed by atoms with E-state index in [1.165, 1.54) is 0 Å². The van der Waals surface area contributed by atoms with Gasteiger partial charge in [-0.3, -0.25) is 9.78 Å². The van der Waals surface area contributed by atoms with Crippen LogP contribution in [0.3, 0.4) is 0 Å². The van der Waals surface area contributed by atoms with Crippen LogP contribution in [-0.4, -0.2) is 32.3 Å². The van der Waals surface area contributed by atoms with Gasteiger partial charge in [-0.15, -0.1) is 0 Å². The van der Waals surface area contributed by atoms with Crippen molar-refractivity contribution >= 4 is 17.1 Å². The number of hydrogen-bond acceptors (Lipinski definition) is 4. The van der Waals surface area contributed by atoms with Crippen LogP contribution in [0, 0.1) is 0 Å². The van der Waals surface area contributed by atoms with Gasteiger partial charge in [0.15, 0.2) is 5.65 Å². The van der Waals surface area contributed by atoms with E-state index < -0.39 is 0 Å². The Morgan fingerprint density at radius 1 is 1.09 bits per heavy atom. The van der Waals surface area contributed by atoms with Crippen molar-refractivity contribution in [1.82, 2.24) is 19.9 Å². The van der Waals surface area contributed by atoms with Crippen molar-refractivity contribution in [2.24, 2.45) is 0 Å². The molecule has 2 heterocycles. The van der Waals surface area contributed by atoms with E-state index in [2.05, 4.69) is 15.0 Å². The van der Waals surface area contributed by atoms with Gasteiger partial charge in [0.25, 0.3) is 5.91 Å². The smallest absolute Gasteiger partial charge is 0.255 e. The predicted octanol–water partition coefficient (Wildman–Crippen LogP) is 2.69. The fourth-order valence-corrected chi connectivity index (χ4v) is 2.29. The molecule has 0 atom stereocenters. The molecule has 0 bridgehead atoms. The third-order valence-corrected chi connectivity index (χ3v) is 3.46. The van der Waals surface area contributed by atoms with Crippen molar-refractivity contribution in [3.8, 4) is 0 Å². The van der Waals surface area contributed by atoms with Crippen LogP contribution in [0.15, 0.2) is 55.0 Å². The molecule has 0 aliphatic rings. The van der Waals surface area contributed by atoms with E-state index in [9.17, 15) is 4.79 Å². The molecule has 1 aromatic carbocycles. The molecule has 0 aliphatic heterocycles. The van der Waals surface area contributed by atoms with Crippen molar-refractivity contribution in [2.45, 2.75) is 13.5 Å². The average molecular weight is 292 g/mol. The molecule has 22 heavy (non-hydrogen) atoms. The Bertz CT molecular complexity index is 789. The van der Waals surface area contributed by atoms with Crippen LogP contribution >= 0.6 is 0 Å². The first-order valence-corrected chi connectivity index (χ1v) is 7.18. The van der Waals surface area contributed by atoms with Gasteiger partial charge in [0.2, 0.25) is 0 Å². The molecule has 0 saturated heterocycles. The van der Waals surface area contributed by atoms with Crippen LogP contribution in [0.5, 0.6) is 0 Å². The molecule has 5 nitrogen and oxygen atoms in total. The number of nitrogens with zero attached hydrogens (tertiary/aromatic N) is 4. The van der Waals surface area contributed by atoms with E-state index in [-0.39, 0.29) is 5.91 Å². The summed E-state index contributed by atoms with van der Waals surface area (Å²) in [6, 6.07) is 11.7. The van der Waals surface area contributed by atoms with Gasteiger partial charge < -0.3 is 4.90 Å². The molecule has 2 aromatic heterocycles. The molecule has 5 heteroatoms. The first-order chi connectivity index (χ1) is 10.8. The molecule has 1 amide bonds. The molecule has 0 radical (unpaired) electrons. The summed E-state index contributed by atoms with van der Waals surface area (Å²) in [6.45, 7) is 3.18. The van der Waals surface area contributed by atoms with Gasteiger partial charge in [0.05, 0.1) is 5.56 Å². The lowest BCUT2D eigenvalue weighted by molar-refractivity contribution is 0.0752. The van der Waals surface area contributed by atoms with Crippen LogP contribution in [0.25, 0.3) is 11.2 Å². The molecule has 0 aliphatic carbocycles. The third-order valence-electron chi connectivity index (χ3n) is 3.46. The van der Waals surface area contributed by atoms with Gasteiger partial charge >= 0.3 is 0 Å². The highest BCUT2D eigenvalue weighted by Crippen LogP contribution is 2.12. The van der Waals surface area contributed by atoms with Crippen LogP contribution < -0.4 is 0 Å². The lowest BCUT2D eigenvalue weighted by Gasteiger charge is -2.21. The molecule has 0 spiro atoms. The highest BCUT2D eigenvalue weighted by molar-refractivity contribution is 5.96. The molecule has 0 N–H and O–H groups in total. The van der Waals surface area contributed by atoms with Crippen molar-refractivity contribution in [3.63, 3.8) is 0 Å². The second-order valence-electron chi connectivity index (χ2n) is 4.93. The Morgan fingerprint density at radius 2 is 1.86 bits per heavy atom. The summed E-state index contributed by atoms with van der Waals surface area (Å²) >= 11 is 0. The molecule has 0 fully saturated rings. The maximum Gasteiger partial charge on any atom is 0.255 e. The Kier molecular flexibility index (Phi) is 4.05. The molecule has 0 saturated carbocycles. The second kappa shape index (κ2) is 6.30. The third kappa shape index (κ3) is 2.93. The lowest BCUT2D eigenvalue weighted by atomic mass is 10.2. The summed E-state index contributed by atoms with van der Waals surface area (Å²) in [4.78, 5) is 27.0. The second-order valence-corrected chi connectivity index (χ2v) is 4.93. The zero-order valence-corrected chi connectivity index (χ0v) is 12.3. The zero-order chi connectivity index (χ0) is 15.4. The summed E-state index contributed by atoms with van der Waals surface area (Å²) in [5.74, 6) is -0.0496. The topological polar surface area (TPSA) is 59.0 Å². The van der Waals surface area contributed by atoms with Crippen LogP contribution in [0.1, 0.15) is 22.8 Å². The fraction of sp³-hybridized carbons (Fsp3) is 0.176. The summed E-state index contributed by atoms with van der Waals surface area (Å²) < 4.78 is 0. The number of carbonyl (C=O) groups excluding carboxylic acids is 1. The number of pyridine rings is 1. The lowest BCUT2D eigenvalue weighted by Crippen LogP contribution is -2.30. The molecule has 0 unspecified atom stereocenters. The molecule has 110 valence electrons. The number of benzene rings is 1. The number of amides is 1. The van der Waals surface area contributed by atoms with Crippen LogP contribution in [0.4, 0.5) is 0 Å². The van der Waals surface area contributed by atoms with E-state index >= 15 is 0 Å². The first-order valence-electron chi connectivity index (χ1n) is 7.18. The number of fused-ring (bicyclic) bond motifs is 1. The van der Waals surface area contributed by atoms with E-state index in [1.807, 2.05) is 37.3 Å². The Labute approximate surface area is 128 Å². The standard InChI is InChI=1S/C17H16N4O/c1-2-21(12-13-6-4-3-5-7-13)17(22)14-10-15-16(20-11-14)19-9-8-18-15/h3-11H,2,12H2,1H3. The summed E-state index contributed by atoms with van der Waals surface area (Å²) in [5, 5.41) is 0. The van der Waals surface area contributed by atoms with Crippen molar-refractivity contribution < 1.29 is 4.79 Å². The van der Waals surface area contributed by atoms with Gasteiger partial charge in [0, 0.05) is 31.7 Å². The monoisotopic (exact) mass is 292 g/mol. The van der Waals surface area contributed by atoms with Crippen molar-refractivity contribution in [3.05, 3.63) is 66.1 Å². The maximum absolute atomic E-state index is 12.7. The molecular formula is C17H16N4O. The minimum absolute atomic E-state index is 0.0496. The van der Waals surface area contributed by atoms with Gasteiger partial charge in [-0.2, -0.15) is 0 Å². The van der Waals surface area contributed by atoms with E-state index in [1.54, 1.807) is 29.6 Å². The first kappa shape index (κ1) is 14.1. The number of carbonyl (C=O) groups is 1. The molecule has 3 rings (SSSR count). The van der Waals surface area contributed by atoms with Crippen LogP contribution in [-0.2, 0) is 6.54 Å². The normalized spacial score (nSPS) is 10.6. The van der Waals surface area contributed by atoms with Gasteiger partial charge in [0.1, 0.15) is 5.52 Å². The summed E-state index contributed by atoms with van der Waals surface area (Å²) in [7, 11) is 0. The van der Waals surface area contributed by atoms with Crippen LogP contribution in [0.2, 0.25) is 0 Å². The quantitative estimate of drug-likeness (QED) is 0.742. The minimum atomic E-state index is -0.0496. The van der Waals surface area contributed by atoms with Gasteiger partial charge in [-0.1, -0.05) is 30.3 Å². The Morgan fingerprint density at radius 3 is 2.64 bits per heavy atom. The Balaban J connectivity index is 1.86. The highest BCUT2D eigenvalue weighted by atomic mass is 16.2.